The number of ketones is 1. The summed E-state index contributed by atoms with van der Waals surface area (Å²) in [5.74, 6) is 0.222. The Hall–Kier alpha value is -1.16. The van der Waals surface area contributed by atoms with Crippen LogP contribution in [-0.4, -0.2) is 10.8 Å². The molecule has 80 valence electrons. The minimum atomic E-state index is 0.195. The van der Waals surface area contributed by atoms with Crippen molar-refractivity contribution in [2.45, 2.75) is 32.7 Å². The van der Waals surface area contributed by atoms with E-state index in [1.54, 1.807) is 17.4 Å². The summed E-state index contributed by atoms with van der Waals surface area (Å²) in [7, 11) is 0. The second-order valence-corrected chi connectivity index (χ2v) is 4.72. The Morgan fingerprint density at radius 3 is 2.87 bits per heavy atom. The summed E-state index contributed by atoms with van der Waals surface area (Å²) >= 11 is 1.66. The highest BCUT2D eigenvalue weighted by atomic mass is 32.1. The maximum absolute atomic E-state index is 11.0. The molecule has 1 aromatic rings. The molecule has 2 rings (SSSR count). The molecule has 0 saturated heterocycles. The monoisotopic (exact) mass is 222 g/mol. The lowest BCUT2D eigenvalue weighted by atomic mass is 10.3. The summed E-state index contributed by atoms with van der Waals surface area (Å²) in [5.41, 5.74) is 2.10. The summed E-state index contributed by atoms with van der Waals surface area (Å²) < 4.78 is 0. The van der Waals surface area contributed by atoms with Crippen molar-refractivity contribution in [3.8, 4) is 0 Å². The molecule has 1 aliphatic carbocycles. The Labute approximate surface area is 93.2 Å². The van der Waals surface area contributed by atoms with Crippen LogP contribution in [0.3, 0.4) is 0 Å². The van der Waals surface area contributed by atoms with E-state index in [0.717, 1.165) is 22.8 Å². The van der Waals surface area contributed by atoms with Gasteiger partial charge in [0.25, 0.3) is 0 Å². The van der Waals surface area contributed by atoms with E-state index in [4.69, 9.17) is 0 Å². The molecule has 0 bridgehead atoms. The van der Waals surface area contributed by atoms with E-state index < -0.39 is 0 Å². The zero-order valence-electron chi connectivity index (χ0n) is 8.91. The SMILES string of the molecule is Cc1csc(C(C)NC2=CC(=O)CC2)n1. The molecule has 1 N–H and O–H groups in total. The Bertz CT molecular complexity index is 408. The standard InChI is InChI=1S/C11H14N2OS/c1-7-6-15-11(12-7)8(2)13-9-3-4-10(14)5-9/h5-6,8,13H,3-4H2,1-2H3. The third-order valence-electron chi connectivity index (χ3n) is 2.39. The molecule has 1 atom stereocenters. The summed E-state index contributed by atoms with van der Waals surface area (Å²) in [6.07, 6.45) is 3.19. The van der Waals surface area contributed by atoms with Crippen molar-refractivity contribution in [1.82, 2.24) is 10.3 Å². The predicted octanol–water partition coefficient (Wildman–Crippen LogP) is 2.35. The van der Waals surface area contributed by atoms with E-state index >= 15 is 0 Å². The number of nitrogens with one attached hydrogen (secondary N) is 1. The van der Waals surface area contributed by atoms with E-state index in [1.165, 1.54) is 0 Å². The number of hydrogen-bond donors (Lipinski definition) is 1. The van der Waals surface area contributed by atoms with E-state index in [9.17, 15) is 4.79 Å². The molecule has 0 amide bonds. The van der Waals surface area contributed by atoms with Crippen molar-refractivity contribution in [2.24, 2.45) is 0 Å². The molecule has 0 fully saturated rings. The molecular formula is C11H14N2OS. The quantitative estimate of drug-likeness (QED) is 0.853. The van der Waals surface area contributed by atoms with Crippen LogP contribution in [0.15, 0.2) is 17.2 Å². The van der Waals surface area contributed by atoms with Crippen LogP contribution in [0.2, 0.25) is 0 Å². The van der Waals surface area contributed by atoms with Crippen LogP contribution in [0.4, 0.5) is 0 Å². The molecule has 0 spiro atoms. The number of nitrogens with zero attached hydrogens (tertiary/aromatic N) is 1. The highest BCUT2D eigenvalue weighted by Gasteiger charge is 2.15. The van der Waals surface area contributed by atoms with Crippen molar-refractivity contribution in [2.75, 3.05) is 0 Å². The summed E-state index contributed by atoms with van der Waals surface area (Å²) in [6, 6.07) is 0.195. The van der Waals surface area contributed by atoms with Gasteiger partial charge in [0, 0.05) is 29.3 Å². The first kappa shape index (κ1) is 10.4. The second-order valence-electron chi connectivity index (χ2n) is 3.83. The van der Waals surface area contributed by atoms with Crippen LogP contribution < -0.4 is 5.32 Å². The van der Waals surface area contributed by atoms with Gasteiger partial charge in [-0.25, -0.2) is 4.98 Å². The van der Waals surface area contributed by atoms with Gasteiger partial charge in [0.2, 0.25) is 0 Å². The third kappa shape index (κ3) is 2.45. The fraction of sp³-hybridized carbons (Fsp3) is 0.455. The number of aromatic nitrogens is 1. The number of aryl methyl sites for hydroxylation is 1. The zero-order valence-corrected chi connectivity index (χ0v) is 9.73. The van der Waals surface area contributed by atoms with Crippen LogP contribution in [0.5, 0.6) is 0 Å². The maximum Gasteiger partial charge on any atom is 0.157 e. The lowest BCUT2D eigenvalue weighted by Crippen LogP contribution is -2.16. The lowest BCUT2D eigenvalue weighted by molar-refractivity contribution is -0.114. The Kier molecular flexibility index (Phi) is 2.86. The van der Waals surface area contributed by atoms with Crippen LogP contribution in [-0.2, 0) is 4.79 Å². The van der Waals surface area contributed by atoms with Gasteiger partial charge in [0.1, 0.15) is 5.01 Å². The minimum absolute atomic E-state index is 0.195. The number of rotatable bonds is 3. The Balaban J connectivity index is 2.01. The second kappa shape index (κ2) is 4.14. The van der Waals surface area contributed by atoms with Crippen LogP contribution in [0.25, 0.3) is 0 Å². The first-order valence-electron chi connectivity index (χ1n) is 5.07. The molecule has 1 heterocycles. The van der Waals surface area contributed by atoms with Crippen LogP contribution in [0, 0.1) is 6.92 Å². The van der Waals surface area contributed by atoms with Crippen LogP contribution >= 0.6 is 11.3 Å². The smallest absolute Gasteiger partial charge is 0.157 e. The Morgan fingerprint density at radius 1 is 1.53 bits per heavy atom. The van der Waals surface area contributed by atoms with Crippen LogP contribution in [0.1, 0.15) is 36.5 Å². The Morgan fingerprint density at radius 2 is 2.33 bits per heavy atom. The van der Waals surface area contributed by atoms with Gasteiger partial charge in [-0.3, -0.25) is 4.79 Å². The molecule has 1 aromatic heterocycles. The van der Waals surface area contributed by atoms with Crippen molar-refractivity contribution >= 4 is 17.1 Å². The first-order valence-corrected chi connectivity index (χ1v) is 5.95. The van der Waals surface area contributed by atoms with Crippen molar-refractivity contribution in [3.63, 3.8) is 0 Å². The first-order chi connectivity index (χ1) is 7.15. The molecule has 1 aliphatic rings. The van der Waals surface area contributed by atoms with Gasteiger partial charge in [0.15, 0.2) is 5.78 Å². The molecule has 1 unspecified atom stereocenters. The van der Waals surface area contributed by atoms with Crippen molar-refractivity contribution in [1.29, 1.82) is 0 Å². The zero-order chi connectivity index (χ0) is 10.8. The number of allylic oxidation sites excluding steroid dienone is 2. The molecule has 0 aliphatic heterocycles. The van der Waals surface area contributed by atoms with Crippen molar-refractivity contribution < 1.29 is 4.79 Å². The van der Waals surface area contributed by atoms with Gasteiger partial charge in [0.05, 0.1) is 6.04 Å². The number of hydrogen-bond acceptors (Lipinski definition) is 4. The van der Waals surface area contributed by atoms with Crippen molar-refractivity contribution in [3.05, 3.63) is 27.9 Å². The minimum Gasteiger partial charge on any atom is -0.379 e. The van der Waals surface area contributed by atoms with E-state index in [0.29, 0.717) is 6.42 Å². The van der Waals surface area contributed by atoms with Gasteiger partial charge >= 0.3 is 0 Å². The number of carbonyl (C=O) groups is 1. The maximum atomic E-state index is 11.0. The molecule has 4 heteroatoms. The molecule has 3 nitrogen and oxygen atoms in total. The van der Waals surface area contributed by atoms with E-state index in [1.807, 2.05) is 12.3 Å². The van der Waals surface area contributed by atoms with E-state index in [-0.39, 0.29) is 11.8 Å². The molecule has 0 radical (unpaired) electrons. The van der Waals surface area contributed by atoms with E-state index in [2.05, 4.69) is 17.2 Å². The highest BCUT2D eigenvalue weighted by molar-refractivity contribution is 7.09. The molecule has 15 heavy (non-hydrogen) atoms. The van der Waals surface area contributed by atoms with Gasteiger partial charge in [-0.15, -0.1) is 11.3 Å². The fourth-order valence-corrected chi connectivity index (χ4v) is 2.43. The topological polar surface area (TPSA) is 42.0 Å². The molecule has 0 saturated carbocycles. The molecular weight excluding hydrogens is 208 g/mol. The van der Waals surface area contributed by atoms with Gasteiger partial charge in [-0.05, 0) is 20.3 Å². The lowest BCUT2D eigenvalue weighted by Gasteiger charge is -2.12. The average Bonchev–Trinajstić information content (AvgIpc) is 2.75. The van der Waals surface area contributed by atoms with Gasteiger partial charge in [-0.2, -0.15) is 0 Å². The summed E-state index contributed by atoms with van der Waals surface area (Å²) in [5, 5.41) is 6.45. The average molecular weight is 222 g/mol. The number of thiazole rings is 1. The number of carbonyl (C=O) groups excluding carboxylic acids is 1. The summed E-state index contributed by atoms with van der Waals surface area (Å²) in [4.78, 5) is 15.5. The van der Waals surface area contributed by atoms with Gasteiger partial charge < -0.3 is 5.32 Å². The predicted molar refractivity (Wildman–Crippen MR) is 60.7 cm³/mol. The summed E-state index contributed by atoms with van der Waals surface area (Å²) in [6.45, 7) is 4.06. The van der Waals surface area contributed by atoms with Gasteiger partial charge in [-0.1, -0.05) is 0 Å². The highest BCUT2D eigenvalue weighted by Crippen LogP contribution is 2.21. The third-order valence-corrected chi connectivity index (χ3v) is 3.53. The largest absolute Gasteiger partial charge is 0.379 e. The normalized spacial score (nSPS) is 17.7. The molecule has 0 aromatic carbocycles. The fourth-order valence-electron chi connectivity index (χ4n) is 1.62.